The van der Waals surface area contributed by atoms with Gasteiger partial charge in [0.25, 0.3) is 0 Å². The van der Waals surface area contributed by atoms with E-state index >= 15 is 0 Å². The van der Waals surface area contributed by atoms with Crippen LogP contribution in [-0.4, -0.2) is 23.1 Å². The Hall–Kier alpha value is -3.02. The summed E-state index contributed by atoms with van der Waals surface area (Å²) in [6.07, 6.45) is 7.31. The molecule has 6 heteroatoms. The van der Waals surface area contributed by atoms with Crippen molar-refractivity contribution in [2.24, 2.45) is 0 Å². The van der Waals surface area contributed by atoms with Crippen LogP contribution in [0.25, 0.3) is 0 Å². The van der Waals surface area contributed by atoms with Gasteiger partial charge in [-0.1, -0.05) is 0 Å². The average molecular weight is 349 g/mol. The Bertz CT molecular complexity index is 810. The SMILES string of the molecule is c1coc(CNc2nccc(Nc3ccc(N4CCCCC4)cc3)n2)c1. The summed E-state index contributed by atoms with van der Waals surface area (Å²) in [4.78, 5) is 11.2. The highest BCUT2D eigenvalue weighted by Gasteiger charge is 2.10. The average Bonchev–Trinajstić information content (AvgIpc) is 3.22. The molecule has 3 heterocycles. The maximum Gasteiger partial charge on any atom is 0.224 e. The van der Waals surface area contributed by atoms with Crippen LogP contribution in [0.5, 0.6) is 0 Å². The summed E-state index contributed by atoms with van der Waals surface area (Å²) in [5.41, 5.74) is 2.31. The van der Waals surface area contributed by atoms with Crippen LogP contribution in [0.15, 0.2) is 59.3 Å². The molecule has 1 aliphatic rings. The fourth-order valence-electron chi connectivity index (χ4n) is 3.15. The van der Waals surface area contributed by atoms with Crippen molar-refractivity contribution in [2.45, 2.75) is 25.8 Å². The van der Waals surface area contributed by atoms with Crippen molar-refractivity contribution < 1.29 is 4.42 Å². The van der Waals surface area contributed by atoms with Gasteiger partial charge >= 0.3 is 0 Å². The molecule has 134 valence electrons. The Morgan fingerprint density at radius 1 is 1.00 bits per heavy atom. The number of rotatable bonds is 6. The van der Waals surface area contributed by atoms with E-state index in [4.69, 9.17) is 4.42 Å². The van der Waals surface area contributed by atoms with Crippen molar-refractivity contribution in [1.29, 1.82) is 0 Å². The number of nitrogens with one attached hydrogen (secondary N) is 2. The Balaban J connectivity index is 1.38. The second kappa shape index (κ2) is 7.91. The summed E-state index contributed by atoms with van der Waals surface area (Å²) in [7, 11) is 0. The lowest BCUT2D eigenvalue weighted by molar-refractivity contribution is 0.517. The van der Waals surface area contributed by atoms with Crippen molar-refractivity contribution in [1.82, 2.24) is 9.97 Å². The third-order valence-electron chi connectivity index (χ3n) is 4.52. The number of benzene rings is 1. The second-order valence-corrected chi connectivity index (χ2v) is 6.42. The molecule has 0 radical (unpaired) electrons. The fraction of sp³-hybridized carbons (Fsp3) is 0.300. The molecule has 1 saturated heterocycles. The highest BCUT2D eigenvalue weighted by Crippen LogP contribution is 2.23. The summed E-state index contributed by atoms with van der Waals surface area (Å²) in [6.45, 7) is 2.87. The number of hydrogen-bond acceptors (Lipinski definition) is 6. The number of nitrogens with zero attached hydrogens (tertiary/aromatic N) is 3. The van der Waals surface area contributed by atoms with E-state index in [1.54, 1.807) is 12.5 Å². The predicted molar refractivity (Wildman–Crippen MR) is 104 cm³/mol. The molecule has 3 aromatic rings. The first-order valence-corrected chi connectivity index (χ1v) is 9.08. The van der Waals surface area contributed by atoms with E-state index in [2.05, 4.69) is 49.8 Å². The zero-order chi connectivity index (χ0) is 17.6. The van der Waals surface area contributed by atoms with Gasteiger partial charge in [-0.05, 0) is 61.7 Å². The van der Waals surface area contributed by atoms with Crippen LogP contribution in [0, 0.1) is 0 Å². The molecule has 6 nitrogen and oxygen atoms in total. The lowest BCUT2D eigenvalue weighted by Crippen LogP contribution is -2.29. The highest BCUT2D eigenvalue weighted by atomic mass is 16.3. The molecule has 1 aromatic carbocycles. The van der Waals surface area contributed by atoms with Gasteiger partial charge in [0, 0.05) is 30.7 Å². The highest BCUT2D eigenvalue weighted by molar-refractivity contribution is 5.61. The third-order valence-corrected chi connectivity index (χ3v) is 4.52. The van der Waals surface area contributed by atoms with Crippen LogP contribution >= 0.6 is 0 Å². The molecule has 0 unspecified atom stereocenters. The lowest BCUT2D eigenvalue weighted by atomic mass is 10.1. The Morgan fingerprint density at radius 3 is 2.62 bits per heavy atom. The minimum Gasteiger partial charge on any atom is -0.467 e. The second-order valence-electron chi connectivity index (χ2n) is 6.42. The van der Waals surface area contributed by atoms with Gasteiger partial charge in [-0.3, -0.25) is 0 Å². The Kier molecular flexibility index (Phi) is 5.00. The first kappa shape index (κ1) is 16.4. The smallest absolute Gasteiger partial charge is 0.224 e. The zero-order valence-corrected chi connectivity index (χ0v) is 14.7. The van der Waals surface area contributed by atoms with Crippen molar-refractivity contribution in [3.8, 4) is 0 Å². The molecule has 0 spiro atoms. The monoisotopic (exact) mass is 349 g/mol. The molecule has 4 rings (SSSR count). The van der Waals surface area contributed by atoms with Crippen LogP contribution in [0.4, 0.5) is 23.1 Å². The molecule has 2 N–H and O–H groups in total. The van der Waals surface area contributed by atoms with E-state index in [1.807, 2.05) is 18.2 Å². The molecular formula is C20H23N5O. The minimum atomic E-state index is 0.557. The molecule has 0 atom stereocenters. The van der Waals surface area contributed by atoms with E-state index in [-0.39, 0.29) is 0 Å². The van der Waals surface area contributed by atoms with Crippen molar-refractivity contribution >= 4 is 23.1 Å². The first-order chi connectivity index (χ1) is 12.9. The van der Waals surface area contributed by atoms with E-state index in [0.29, 0.717) is 12.5 Å². The number of hydrogen-bond donors (Lipinski definition) is 2. The molecule has 1 fully saturated rings. The van der Waals surface area contributed by atoms with E-state index in [0.717, 1.165) is 30.4 Å². The van der Waals surface area contributed by atoms with Crippen LogP contribution < -0.4 is 15.5 Å². The molecule has 0 bridgehead atoms. The van der Waals surface area contributed by atoms with Crippen LogP contribution in [0.2, 0.25) is 0 Å². The zero-order valence-electron chi connectivity index (χ0n) is 14.7. The van der Waals surface area contributed by atoms with Crippen LogP contribution in [0.1, 0.15) is 25.0 Å². The summed E-state index contributed by atoms with van der Waals surface area (Å²) in [5, 5.41) is 6.50. The first-order valence-electron chi connectivity index (χ1n) is 9.08. The van der Waals surface area contributed by atoms with Crippen molar-refractivity contribution in [3.05, 3.63) is 60.7 Å². The number of piperidine rings is 1. The van der Waals surface area contributed by atoms with E-state index in [9.17, 15) is 0 Å². The van der Waals surface area contributed by atoms with E-state index < -0.39 is 0 Å². The Morgan fingerprint density at radius 2 is 1.85 bits per heavy atom. The van der Waals surface area contributed by atoms with Crippen molar-refractivity contribution in [2.75, 3.05) is 28.6 Å². The maximum absolute atomic E-state index is 5.30. The number of anilines is 4. The summed E-state index contributed by atoms with van der Waals surface area (Å²) in [6, 6.07) is 14.2. The summed E-state index contributed by atoms with van der Waals surface area (Å²) in [5.74, 6) is 2.17. The van der Waals surface area contributed by atoms with Gasteiger partial charge in [-0.25, -0.2) is 4.98 Å². The summed E-state index contributed by atoms with van der Waals surface area (Å²) >= 11 is 0. The molecular weight excluding hydrogens is 326 g/mol. The quantitative estimate of drug-likeness (QED) is 0.687. The number of furan rings is 1. The lowest BCUT2D eigenvalue weighted by Gasteiger charge is -2.28. The standard InChI is InChI=1S/C20H23N5O/c1-2-12-25(13-3-1)17-8-6-16(7-9-17)23-19-10-11-21-20(24-19)22-15-18-5-4-14-26-18/h4-11,14H,1-3,12-13,15H2,(H2,21,22,23,24). The molecule has 26 heavy (non-hydrogen) atoms. The minimum absolute atomic E-state index is 0.557. The maximum atomic E-state index is 5.30. The van der Waals surface area contributed by atoms with Gasteiger partial charge in [0.05, 0.1) is 12.8 Å². The third kappa shape index (κ3) is 4.14. The molecule has 0 amide bonds. The van der Waals surface area contributed by atoms with Gasteiger partial charge in [0.1, 0.15) is 11.6 Å². The largest absolute Gasteiger partial charge is 0.467 e. The van der Waals surface area contributed by atoms with E-state index in [1.165, 1.54) is 24.9 Å². The molecule has 1 aliphatic heterocycles. The van der Waals surface area contributed by atoms with Gasteiger partial charge in [-0.15, -0.1) is 0 Å². The number of aromatic nitrogens is 2. The summed E-state index contributed by atoms with van der Waals surface area (Å²) < 4.78 is 5.30. The van der Waals surface area contributed by atoms with Crippen LogP contribution in [-0.2, 0) is 6.54 Å². The van der Waals surface area contributed by atoms with Gasteiger partial charge in [0.2, 0.25) is 5.95 Å². The normalized spacial score (nSPS) is 14.2. The van der Waals surface area contributed by atoms with Gasteiger partial charge in [-0.2, -0.15) is 4.98 Å². The molecule has 2 aromatic heterocycles. The topological polar surface area (TPSA) is 66.2 Å². The molecule has 0 saturated carbocycles. The van der Waals surface area contributed by atoms with Crippen molar-refractivity contribution in [3.63, 3.8) is 0 Å². The molecule has 0 aliphatic carbocycles. The predicted octanol–water partition coefficient (Wildman–Crippen LogP) is 4.42. The van der Waals surface area contributed by atoms with Gasteiger partial charge < -0.3 is 20.0 Å². The fourth-order valence-corrected chi connectivity index (χ4v) is 3.15. The van der Waals surface area contributed by atoms with Crippen LogP contribution in [0.3, 0.4) is 0 Å². The van der Waals surface area contributed by atoms with Gasteiger partial charge in [0.15, 0.2) is 0 Å². The Labute approximate surface area is 153 Å².